The molecule has 0 N–H and O–H groups in total. The number of rotatable bonds is 13. The summed E-state index contributed by atoms with van der Waals surface area (Å²) in [5.41, 5.74) is 14.8. The van der Waals surface area contributed by atoms with E-state index in [1.165, 1.54) is 33.4 Å². The van der Waals surface area contributed by atoms with Gasteiger partial charge < -0.3 is 24.0 Å². The van der Waals surface area contributed by atoms with Gasteiger partial charge in [0.2, 0.25) is 5.95 Å². The van der Waals surface area contributed by atoms with Crippen LogP contribution in [0.5, 0.6) is 23.0 Å². The van der Waals surface area contributed by atoms with Gasteiger partial charge in [-0.15, -0.1) is 71.8 Å². The van der Waals surface area contributed by atoms with Crippen molar-refractivity contribution in [3.05, 3.63) is 199 Å². The molecule has 7 nitrogen and oxygen atoms in total. The minimum Gasteiger partial charge on any atom is -0.503 e. The summed E-state index contributed by atoms with van der Waals surface area (Å²) in [5, 5.41) is 1.88. The Morgan fingerprint density at radius 1 is 0.408 bits per heavy atom. The summed E-state index contributed by atoms with van der Waals surface area (Å²) < 4.78 is 14.9. The third-order valence-corrected chi connectivity index (χ3v) is 12.7. The Balaban J connectivity index is 0.00000338. The molecule has 0 unspecified atom stereocenters. The maximum absolute atomic E-state index is 6.48. The second kappa shape index (κ2) is 21.8. The van der Waals surface area contributed by atoms with E-state index in [2.05, 4.69) is 150 Å². The molecule has 0 amide bonds. The molecule has 71 heavy (non-hydrogen) atoms. The van der Waals surface area contributed by atoms with Crippen LogP contribution in [-0.2, 0) is 41.5 Å². The molecule has 0 spiro atoms. The van der Waals surface area contributed by atoms with Crippen molar-refractivity contribution in [3.63, 3.8) is 0 Å². The van der Waals surface area contributed by atoms with E-state index in [-0.39, 0.29) is 41.5 Å². The van der Waals surface area contributed by atoms with E-state index in [9.17, 15) is 0 Å². The molecule has 9 heteroatoms. The maximum Gasteiger partial charge on any atom is 2.00 e. The molecule has 0 bridgehead atoms. The summed E-state index contributed by atoms with van der Waals surface area (Å²) in [5.74, 6) is 4.15. The molecule has 358 valence electrons. The van der Waals surface area contributed by atoms with Gasteiger partial charge in [0.05, 0.1) is 0 Å². The van der Waals surface area contributed by atoms with Gasteiger partial charge in [-0.1, -0.05) is 139 Å². The molecule has 0 aliphatic heterocycles. The molecule has 0 atom stereocenters. The van der Waals surface area contributed by atoms with E-state index in [1.807, 2.05) is 77.6 Å². The Morgan fingerprint density at radius 3 is 1.15 bits per heavy atom. The van der Waals surface area contributed by atoms with E-state index >= 15 is 0 Å². The standard InChI is InChI=1S/C62H53N5O2.Pd.Pt/c1-38(2)50-18-11-19-51(39(3)4)60(50)44-22-28-56(65-36-44)42-14-9-16-46(32-42)68-48-24-26-54-55-27-25-49(35-59(55)67(58(54)34-48)62-63-30-13-31-64-62)69-47-17-10-15-43(33-47)57-29-23-45(37-66-57)61-52(40(5)6)20-12-21-53(61)41(7)8;;/h9-31,36-41H,1-8H3;;/q-4;2*+2. The molecule has 0 aliphatic rings. The molecular weight excluding hydrogens is 1150 g/mol. The summed E-state index contributed by atoms with van der Waals surface area (Å²) in [6.07, 6.45) is 7.40. The van der Waals surface area contributed by atoms with Gasteiger partial charge in [0.25, 0.3) is 0 Å². The van der Waals surface area contributed by atoms with Crippen molar-refractivity contribution in [2.45, 2.75) is 79.1 Å². The smallest absolute Gasteiger partial charge is 0.503 e. The van der Waals surface area contributed by atoms with E-state index < -0.39 is 0 Å². The average Bonchev–Trinajstić information content (AvgIpc) is 3.69. The zero-order valence-electron chi connectivity index (χ0n) is 40.9. The summed E-state index contributed by atoms with van der Waals surface area (Å²) in [7, 11) is 0. The molecule has 4 aromatic heterocycles. The van der Waals surface area contributed by atoms with Crippen LogP contribution in [0.25, 0.3) is 72.5 Å². The summed E-state index contributed by atoms with van der Waals surface area (Å²) in [6.45, 7) is 17.9. The van der Waals surface area contributed by atoms with Gasteiger partial charge in [0.1, 0.15) is 0 Å². The first kappa shape index (κ1) is 50.8. The number of ether oxygens (including phenoxy) is 2. The van der Waals surface area contributed by atoms with Crippen molar-refractivity contribution in [1.82, 2.24) is 24.5 Å². The van der Waals surface area contributed by atoms with Crippen LogP contribution in [0.4, 0.5) is 0 Å². The third kappa shape index (κ3) is 10.4. The zero-order chi connectivity index (χ0) is 47.8. The van der Waals surface area contributed by atoms with E-state index in [4.69, 9.17) is 19.4 Å². The second-order valence-electron chi connectivity index (χ2n) is 18.7. The van der Waals surface area contributed by atoms with Crippen molar-refractivity contribution in [1.29, 1.82) is 0 Å². The fourth-order valence-corrected chi connectivity index (χ4v) is 9.27. The van der Waals surface area contributed by atoms with Crippen molar-refractivity contribution >= 4 is 21.8 Å². The van der Waals surface area contributed by atoms with Gasteiger partial charge in [0, 0.05) is 47.8 Å². The zero-order valence-corrected chi connectivity index (χ0v) is 44.8. The second-order valence-corrected chi connectivity index (χ2v) is 18.7. The first-order chi connectivity index (χ1) is 33.5. The Hall–Kier alpha value is -6.55. The van der Waals surface area contributed by atoms with Crippen molar-refractivity contribution in [2.24, 2.45) is 0 Å². The quantitative estimate of drug-likeness (QED) is 0.0846. The van der Waals surface area contributed by atoms with Crippen molar-refractivity contribution in [3.8, 4) is 73.7 Å². The number of pyridine rings is 2. The first-order valence-corrected chi connectivity index (χ1v) is 23.8. The molecular formula is C62H53N5O2PdPt. The molecule has 0 saturated carbocycles. The average molecular weight is 1200 g/mol. The maximum atomic E-state index is 6.48. The van der Waals surface area contributed by atoms with Crippen LogP contribution in [0.15, 0.2) is 152 Å². The Morgan fingerprint density at radius 2 is 0.789 bits per heavy atom. The normalized spacial score (nSPS) is 11.4. The van der Waals surface area contributed by atoms with Gasteiger partial charge in [-0.25, -0.2) is 9.97 Å². The van der Waals surface area contributed by atoms with E-state index in [0.717, 1.165) is 55.4 Å². The summed E-state index contributed by atoms with van der Waals surface area (Å²) >= 11 is 0. The minimum atomic E-state index is 0. The summed E-state index contributed by atoms with van der Waals surface area (Å²) in [4.78, 5) is 19.2. The van der Waals surface area contributed by atoms with Gasteiger partial charge in [-0.2, -0.15) is 22.9 Å². The largest absolute Gasteiger partial charge is 2.00 e. The van der Waals surface area contributed by atoms with Crippen LogP contribution in [0, 0.1) is 24.3 Å². The van der Waals surface area contributed by atoms with Gasteiger partial charge in [-0.05, 0) is 85.6 Å². The summed E-state index contributed by atoms with van der Waals surface area (Å²) in [6, 6.07) is 57.1. The van der Waals surface area contributed by atoms with Crippen LogP contribution < -0.4 is 9.47 Å². The molecule has 0 radical (unpaired) electrons. The Labute approximate surface area is 445 Å². The Kier molecular flexibility index (Phi) is 15.6. The SMILES string of the molecule is CC(C)c1cccc(C(C)C)c1-c1ccc(-c2[c-]c(Oc3[c-]c4c(cc3)c3ccc(Oc5[c-]c(-c6ccc(-c7c(C(C)C)cccc7C(C)C)cn6)ccc5)[c-]c3n4-c3ncccn3)ccc2)nc1.[Pd+2].[Pt+2]. The van der Waals surface area contributed by atoms with Crippen molar-refractivity contribution < 1.29 is 51.0 Å². The van der Waals surface area contributed by atoms with Gasteiger partial charge >= 0.3 is 41.5 Å². The van der Waals surface area contributed by atoms with Crippen LogP contribution in [0.2, 0.25) is 0 Å². The number of benzene rings is 6. The predicted octanol–water partition coefficient (Wildman–Crippen LogP) is 16.3. The number of aromatic nitrogens is 5. The Bertz CT molecular complexity index is 3200. The van der Waals surface area contributed by atoms with Crippen molar-refractivity contribution in [2.75, 3.05) is 0 Å². The fraction of sp³-hybridized carbons (Fsp3) is 0.194. The molecule has 0 saturated heterocycles. The number of hydrogen-bond donors (Lipinski definition) is 0. The monoisotopic (exact) mass is 1200 g/mol. The molecule has 10 rings (SSSR count). The number of fused-ring (bicyclic) bond motifs is 3. The van der Waals surface area contributed by atoms with E-state index in [0.29, 0.717) is 52.6 Å². The molecule has 4 heterocycles. The minimum absolute atomic E-state index is 0. The molecule has 0 fully saturated rings. The first-order valence-electron chi connectivity index (χ1n) is 23.8. The molecule has 6 aromatic carbocycles. The van der Waals surface area contributed by atoms with Crippen LogP contribution in [0.3, 0.4) is 0 Å². The van der Waals surface area contributed by atoms with Crippen LogP contribution in [-0.4, -0.2) is 24.5 Å². The number of hydrogen-bond acceptors (Lipinski definition) is 6. The van der Waals surface area contributed by atoms with Crippen LogP contribution in [0.1, 0.15) is 101 Å². The van der Waals surface area contributed by atoms with E-state index in [1.54, 1.807) is 18.5 Å². The molecule has 0 aliphatic carbocycles. The van der Waals surface area contributed by atoms with Crippen LogP contribution >= 0.6 is 0 Å². The third-order valence-electron chi connectivity index (χ3n) is 12.7. The fourth-order valence-electron chi connectivity index (χ4n) is 9.27. The predicted molar refractivity (Wildman–Crippen MR) is 278 cm³/mol. The van der Waals surface area contributed by atoms with Gasteiger partial charge in [0.15, 0.2) is 0 Å². The molecule has 10 aromatic rings. The van der Waals surface area contributed by atoms with Gasteiger partial charge in [-0.3, -0.25) is 0 Å². The number of nitrogens with zero attached hydrogens (tertiary/aromatic N) is 5. The topological polar surface area (TPSA) is 75.0 Å².